The lowest BCUT2D eigenvalue weighted by Gasteiger charge is -2.26. The molecule has 0 unspecified atom stereocenters. The van der Waals surface area contributed by atoms with Gasteiger partial charge in [0.25, 0.3) is 0 Å². The van der Waals surface area contributed by atoms with Gasteiger partial charge < -0.3 is 14.9 Å². The van der Waals surface area contributed by atoms with E-state index in [2.05, 4.69) is 0 Å². The average molecular weight is 387 g/mol. The van der Waals surface area contributed by atoms with Gasteiger partial charge >= 0.3 is 11.9 Å². The summed E-state index contributed by atoms with van der Waals surface area (Å²) in [6.45, 7) is 2.81. The maximum absolute atomic E-state index is 12.5. The number of benzene rings is 1. The summed E-state index contributed by atoms with van der Waals surface area (Å²) >= 11 is 0. The van der Waals surface area contributed by atoms with Crippen LogP contribution in [0.25, 0.3) is 0 Å². The number of carboxylic acids is 2. The van der Waals surface area contributed by atoms with Crippen LogP contribution in [0.2, 0.25) is 0 Å². The van der Waals surface area contributed by atoms with Crippen molar-refractivity contribution in [3.05, 3.63) is 23.8 Å². The van der Waals surface area contributed by atoms with Crippen LogP contribution in [0.15, 0.2) is 23.1 Å². The summed E-state index contributed by atoms with van der Waals surface area (Å²) in [7, 11) is -2.28. The largest absolute Gasteiger partial charge is 0.496 e. The molecule has 0 saturated carbocycles. The third-order valence-corrected chi connectivity index (χ3v) is 5.71. The Morgan fingerprint density at radius 3 is 2.19 bits per heavy atom. The number of carbonyl (C=O) groups is 2. The molecule has 0 atom stereocenters. The second kappa shape index (κ2) is 10.1. The number of ether oxygens (including phenoxy) is 1. The molecule has 1 saturated heterocycles. The second-order valence-electron chi connectivity index (χ2n) is 5.78. The fraction of sp³-hybridized carbons (Fsp3) is 0.529. The molecular weight excluding hydrogens is 362 g/mol. The molecule has 1 aromatic carbocycles. The van der Waals surface area contributed by atoms with E-state index in [-0.39, 0.29) is 16.2 Å². The highest BCUT2D eigenvalue weighted by atomic mass is 32.2. The molecule has 0 aromatic heterocycles. The summed E-state index contributed by atoms with van der Waals surface area (Å²) in [4.78, 5) is 20.7. The second-order valence-corrected chi connectivity index (χ2v) is 7.71. The molecular formula is C17H25NO7S. The summed E-state index contributed by atoms with van der Waals surface area (Å²) in [5.41, 5.74) is -0.148. The average Bonchev–Trinajstić information content (AvgIpc) is 2.62. The molecule has 2 N–H and O–H groups in total. The molecule has 1 aliphatic rings. The van der Waals surface area contributed by atoms with Crippen molar-refractivity contribution < 1.29 is 33.0 Å². The Kier molecular flexibility index (Phi) is 8.53. The van der Waals surface area contributed by atoms with Gasteiger partial charge in [0.1, 0.15) is 11.3 Å². The van der Waals surface area contributed by atoms with Crippen molar-refractivity contribution in [3.63, 3.8) is 0 Å². The van der Waals surface area contributed by atoms with E-state index in [1.54, 1.807) is 0 Å². The molecule has 0 amide bonds. The van der Waals surface area contributed by atoms with E-state index >= 15 is 0 Å². The number of rotatable bonds is 6. The third kappa shape index (κ3) is 5.99. The molecule has 1 fully saturated rings. The lowest BCUT2D eigenvalue weighted by Crippen LogP contribution is -2.35. The fourth-order valence-electron chi connectivity index (χ4n) is 2.48. The number of carboxylic acid groups (broad SMARTS) is 2. The maximum atomic E-state index is 12.5. The van der Waals surface area contributed by atoms with Crippen molar-refractivity contribution in [2.24, 2.45) is 0 Å². The summed E-state index contributed by atoms with van der Waals surface area (Å²) in [6.07, 6.45) is 3.71. The molecule has 0 aliphatic carbocycles. The van der Waals surface area contributed by atoms with Crippen LogP contribution in [0.1, 0.15) is 49.4 Å². The number of hydrogen-bond acceptors (Lipinski definition) is 5. The van der Waals surface area contributed by atoms with E-state index in [1.165, 1.54) is 23.5 Å². The number of aromatic carboxylic acids is 1. The summed E-state index contributed by atoms with van der Waals surface area (Å²) in [5.74, 6) is -1.77. The van der Waals surface area contributed by atoms with Gasteiger partial charge in [-0.25, -0.2) is 13.2 Å². The zero-order valence-corrected chi connectivity index (χ0v) is 15.8. The van der Waals surface area contributed by atoms with Gasteiger partial charge in [-0.05, 0) is 37.5 Å². The number of methoxy groups -OCH3 is 1. The Balaban J connectivity index is 0.000000487. The van der Waals surface area contributed by atoms with Gasteiger partial charge in [-0.1, -0.05) is 13.3 Å². The minimum absolute atomic E-state index is 0.00222. The van der Waals surface area contributed by atoms with E-state index < -0.39 is 22.0 Å². The van der Waals surface area contributed by atoms with Crippen molar-refractivity contribution >= 4 is 22.0 Å². The Labute approximate surface area is 153 Å². The Morgan fingerprint density at radius 2 is 1.77 bits per heavy atom. The van der Waals surface area contributed by atoms with Crippen LogP contribution in [0.5, 0.6) is 5.75 Å². The van der Waals surface area contributed by atoms with Crippen LogP contribution < -0.4 is 4.74 Å². The first-order chi connectivity index (χ1) is 12.2. The predicted octanol–water partition coefficient (Wildman–Crippen LogP) is 2.44. The number of aliphatic carboxylic acids is 1. The molecule has 146 valence electrons. The lowest BCUT2D eigenvalue weighted by atomic mass is 10.2. The first kappa shape index (κ1) is 21.9. The van der Waals surface area contributed by atoms with Crippen LogP contribution in [-0.2, 0) is 14.8 Å². The van der Waals surface area contributed by atoms with Crippen molar-refractivity contribution in [2.75, 3.05) is 20.2 Å². The molecule has 2 rings (SSSR count). The molecule has 1 aliphatic heterocycles. The van der Waals surface area contributed by atoms with Gasteiger partial charge in [-0.15, -0.1) is 0 Å². The van der Waals surface area contributed by atoms with Crippen LogP contribution in [0.4, 0.5) is 0 Å². The Hall–Kier alpha value is -2.13. The normalized spacial score (nSPS) is 14.8. The Bertz CT molecular complexity index is 725. The smallest absolute Gasteiger partial charge is 0.339 e. The zero-order chi connectivity index (χ0) is 19.7. The Morgan fingerprint density at radius 1 is 1.15 bits per heavy atom. The van der Waals surface area contributed by atoms with Gasteiger partial charge in [-0.2, -0.15) is 4.31 Å². The monoisotopic (exact) mass is 387 g/mol. The van der Waals surface area contributed by atoms with Gasteiger partial charge in [0.05, 0.1) is 12.0 Å². The molecule has 8 nitrogen and oxygen atoms in total. The van der Waals surface area contributed by atoms with Gasteiger partial charge in [0.15, 0.2) is 0 Å². The van der Waals surface area contributed by atoms with Crippen LogP contribution >= 0.6 is 0 Å². The third-order valence-electron chi connectivity index (χ3n) is 3.82. The van der Waals surface area contributed by atoms with Crippen molar-refractivity contribution in [1.82, 2.24) is 4.31 Å². The van der Waals surface area contributed by atoms with Crippen LogP contribution in [0.3, 0.4) is 0 Å². The number of nitrogens with zero attached hydrogens (tertiary/aromatic N) is 1. The molecule has 1 aromatic rings. The minimum Gasteiger partial charge on any atom is -0.496 e. The SMILES string of the molecule is CCCC(=O)O.COc1ccc(S(=O)(=O)N2CCCCC2)cc1C(=O)O. The molecule has 1 heterocycles. The minimum atomic E-state index is -3.63. The highest BCUT2D eigenvalue weighted by Crippen LogP contribution is 2.26. The molecule has 9 heteroatoms. The van der Waals surface area contributed by atoms with E-state index in [1.807, 2.05) is 6.92 Å². The number of hydrogen-bond donors (Lipinski definition) is 2. The number of sulfonamides is 1. The van der Waals surface area contributed by atoms with E-state index in [4.69, 9.17) is 14.9 Å². The van der Waals surface area contributed by atoms with Gasteiger partial charge in [0.2, 0.25) is 10.0 Å². The zero-order valence-electron chi connectivity index (χ0n) is 15.0. The highest BCUT2D eigenvalue weighted by molar-refractivity contribution is 7.89. The van der Waals surface area contributed by atoms with E-state index in [0.717, 1.165) is 31.7 Å². The first-order valence-electron chi connectivity index (χ1n) is 8.37. The van der Waals surface area contributed by atoms with Crippen molar-refractivity contribution in [1.29, 1.82) is 0 Å². The van der Waals surface area contributed by atoms with Gasteiger partial charge in [0, 0.05) is 19.5 Å². The molecule has 26 heavy (non-hydrogen) atoms. The molecule has 0 radical (unpaired) electrons. The van der Waals surface area contributed by atoms with Crippen LogP contribution in [-0.4, -0.2) is 55.1 Å². The van der Waals surface area contributed by atoms with Crippen molar-refractivity contribution in [2.45, 2.75) is 43.9 Å². The first-order valence-corrected chi connectivity index (χ1v) is 9.81. The predicted molar refractivity (Wildman–Crippen MR) is 95.1 cm³/mol. The quantitative estimate of drug-likeness (QED) is 0.769. The highest BCUT2D eigenvalue weighted by Gasteiger charge is 2.27. The van der Waals surface area contributed by atoms with Crippen LogP contribution in [0, 0.1) is 0 Å². The summed E-state index contributed by atoms with van der Waals surface area (Å²) < 4.78 is 31.2. The summed E-state index contributed by atoms with van der Waals surface area (Å²) in [6, 6.07) is 3.92. The fourth-order valence-corrected chi connectivity index (χ4v) is 4.03. The van der Waals surface area contributed by atoms with Crippen molar-refractivity contribution in [3.8, 4) is 5.75 Å². The molecule has 0 spiro atoms. The number of piperidine rings is 1. The maximum Gasteiger partial charge on any atom is 0.339 e. The lowest BCUT2D eigenvalue weighted by molar-refractivity contribution is -0.137. The molecule has 0 bridgehead atoms. The van der Waals surface area contributed by atoms with E-state index in [9.17, 15) is 18.0 Å². The topological polar surface area (TPSA) is 121 Å². The van der Waals surface area contributed by atoms with Gasteiger partial charge in [-0.3, -0.25) is 4.79 Å². The standard InChI is InChI=1S/C13H17NO5S.C4H8O2/c1-19-12-6-5-10(9-11(12)13(15)16)20(17,18)14-7-3-2-4-8-14;1-2-3-4(5)6/h5-6,9H,2-4,7-8H2,1H3,(H,15,16);2-3H2,1H3,(H,5,6). The van der Waals surface area contributed by atoms with E-state index in [0.29, 0.717) is 19.5 Å². The summed E-state index contributed by atoms with van der Waals surface area (Å²) in [5, 5.41) is 17.0.